The minimum absolute atomic E-state index is 0.0893. The summed E-state index contributed by atoms with van der Waals surface area (Å²) in [6.07, 6.45) is 0.730. The summed E-state index contributed by atoms with van der Waals surface area (Å²) in [6, 6.07) is 10.2. The maximum atomic E-state index is 13.9. The van der Waals surface area contributed by atoms with Crippen LogP contribution in [0, 0.1) is 0 Å². The van der Waals surface area contributed by atoms with Crippen LogP contribution in [-0.2, 0) is 21.0 Å². The van der Waals surface area contributed by atoms with Gasteiger partial charge in [0.15, 0.2) is 0 Å². The number of hydrogen-bond donors (Lipinski definition) is 2. The van der Waals surface area contributed by atoms with Crippen LogP contribution in [-0.4, -0.2) is 94.5 Å². The number of ether oxygens (including phenoxy) is 2. The van der Waals surface area contributed by atoms with Gasteiger partial charge in [-0.25, -0.2) is 23.5 Å². The summed E-state index contributed by atoms with van der Waals surface area (Å²) < 4.78 is 41.4. The van der Waals surface area contributed by atoms with Crippen molar-refractivity contribution >= 4 is 42.6 Å². The Morgan fingerprint density at radius 1 is 1.00 bits per heavy atom. The number of rotatable bonds is 9. The zero-order valence-electron chi connectivity index (χ0n) is 28.8. The standard InChI is InChI=1S/C34H48F2N6O5Si/c1-32(2,3)47-31(44)41-15-11-33(45,12-16-41)30(43)39-25-9-7-24(8-10-25)27-21-26-28(40-17-13-34(35,36)14-18-40)37-22-38-29(26)42(27)23-46-19-20-48(4,5)6/h7-10,21-22,45H,11-20,23H2,1-6H3,(H,39,43). The number of aromatic nitrogens is 3. The van der Waals surface area contributed by atoms with E-state index in [1.54, 1.807) is 32.9 Å². The number of benzene rings is 1. The van der Waals surface area contributed by atoms with Gasteiger partial charge in [-0.2, -0.15) is 0 Å². The molecule has 0 spiro atoms. The molecule has 2 aliphatic rings. The highest BCUT2D eigenvalue weighted by atomic mass is 28.3. The molecule has 0 bridgehead atoms. The van der Waals surface area contributed by atoms with Crippen LogP contribution in [0.1, 0.15) is 46.5 Å². The molecule has 48 heavy (non-hydrogen) atoms. The van der Waals surface area contributed by atoms with Crippen LogP contribution in [0.3, 0.4) is 0 Å². The Balaban J connectivity index is 1.33. The van der Waals surface area contributed by atoms with Gasteiger partial charge in [-0.05, 0) is 50.6 Å². The van der Waals surface area contributed by atoms with Gasteiger partial charge in [0.05, 0.1) is 11.1 Å². The van der Waals surface area contributed by atoms with Crippen molar-refractivity contribution in [2.75, 3.05) is 43.0 Å². The Morgan fingerprint density at radius 3 is 2.25 bits per heavy atom. The predicted octanol–water partition coefficient (Wildman–Crippen LogP) is 6.35. The summed E-state index contributed by atoms with van der Waals surface area (Å²) >= 11 is 0. The molecule has 0 radical (unpaired) electrons. The van der Waals surface area contributed by atoms with E-state index in [0.29, 0.717) is 23.8 Å². The van der Waals surface area contributed by atoms with Gasteiger partial charge < -0.3 is 34.3 Å². The van der Waals surface area contributed by atoms with E-state index in [4.69, 9.17) is 9.47 Å². The fraction of sp³-hybridized carbons (Fsp3) is 0.588. The van der Waals surface area contributed by atoms with Gasteiger partial charge in [0.25, 0.3) is 11.8 Å². The fourth-order valence-electron chi connectivity index (χ4n) is 5.84. The molecule has 5 rings (SSSR count). The first kappa shape index (κ1) is 35.7. The number of likely N-dealkylation sites (tertiary alicyclic amines) is 1. The van der Waals surface area contributed by atoms with E-state index in [2.05, 4.69) is 34.9 Å². The summed E-state index contributed by atoms with van der Waals surface area (Å²) in [5.74, 6) is -2.59. The molecule has 0 unspecified atom stereocenters. The molecule has 0 atom stereocenters. The lowest BCUT2D eigenvalue weighted by Gasteiger charge is -2.37. The zero-order valence-corrected chi connectivity index (χ0v) is 29.8. The van der Waals surface area contributed by atoms with Crippen LogP contribution in [0.15, 0.2) is 36.7 Å². The first-order valence-corrected chi connectivity index (χ1v) is 20.3. The lowest BCUT2D eigenvalue weighted by atomic mass is 9.90. The van der Waals surface area contributed by atoms with Gasteiger partial charge in [0.1, 0.15) is 35.7 Å². The average molecular weight is 687 g/mol. The van der Waals surface area contributed by atoms with E-state index in [9.17, 15) is 23.5 Å². The molecular weight excluding hydrogens is 638 g/mol. The number of carbonyl (C=O) groups is 2. The molecule has 2 amide bonds. The largest absolute Gasteiger partial charge is 0.444 e. The van der Waals surface area contributed by atoms with Gasteiger partial charge in [-0.3, -0.25) is 4.79 Å². The Labute approximate surface area is 281 Å². The topological polar surface area (TPSA) is 122 Å². The molecule has 1 aromatic carbocycles. The van der Waals surface area contributed by atoms with Crippen LogP contribution in [0.4, 0.5) is 25.1 Å². The molecule has 3 aromatic rings. The third-order valence-electron chi connectivity index (χ3n) is 8.78. The van der Waals surface area contributed by atoms with Crippen LogP contribution in [0.5, 0.6) is 0 Å². The van der Waals surface area contributed by atoms with E-state index in [1.807, 2.05) is 27.7 Å². The molecule has 2 fully saturated rings. The number of halogens is 2. The second-order valence-electron chi connectivity index (χ2n) is 15.1. The van der Waals surface area contributed by atoms with E-state index in [0.717, 1.165) is 22.7 Å². The maximum Gasteiger partial charge on any atom is 0.410 e. The number of amides is 2. The minimum atomic E-state index is -2.67. The van der Waals surface area contributed by atoms with Crippen molar-refractivity contribution in [3.8, 4) is 11.3 Å². The van der Waals surface area contributed by atoms with Crippen molar-refractivity contribution in [1.29, 1.82) is 0 Å². The number of aliphatic hydroxyl groups is 1. The molecule has 0 aliphatic carbocycles. The zero-order chi connectivity index (χ0) is 34.9. The highest BCUT2D eigenvalue weighted by Gasteiger charge is 2.41. The summed E-state index contributed by atoms with van der Waals surface area (Å²) in [6.45, 7) is 13.9. The van der Waals surface area contributed by atoms with Gasteiger partial charge in [0, 0.05) is 72.2 Å². The Hall–Kier alpha value is -3.62. The summed E-state index contributed by atoms with van der Waals surface area (Å²) in [5.41, 5.74) is 0.554. The summed E-state index contributed by atoms with van der Waals surface area (Å²) in [5, 5.41) is 14.7. The fourth-order valence-corrected chi connectivity index (χ4v) is 6.59. The SMILES string of the molecule is CC(C)(C)OC(=O)N1CCC(O)(C(=O)Nc2ccc(-c3cc4c(N5CCC(F)(F)CC5)ncnc4n3COCC[Si](C)(C)C)cc2)CC1. The van der Waals surface area contributed by atoms with Crippen LogP contribution < -0.4 is 10.2 Å². The number of hydrogen-bond acceptors (Lipinski definition) is 8. The van der Waals surface area contributed by atoms with Crippen molar-refractivity contribution in [3.63, 3.8) is 0 Å². The summed E-state index contributed by atoms with van der Waals surface area (Å²) in [4.78, 5) is 38.1. The molecule has 4 heterocycles. The van der Waals surface area contributed by atoms with E-state index in [1.165, 1.54) is 11.2 Å². The molecule has 0 saturated carbocycles. The van der Waals surface area contributed by atoms with Crippen molar-refractivity contribution in [1.82, 2.24) is 19.4 Å². The van der Waals surface area contributed by atoms with E-state index in [-0.39, 0.29) is 58.6 Å². The molecule has 2 aliphatic heterocycles. The van der Waals surface area contributed by atoms with Crippen LogP contribution in [0.25, 0.3) is 22.3 Å². The van der Waals surface area contributed by atoms with Crippen LogP contribution >= 0.6 is 0 Å². The van der Waals surface area contributed by atoms with Gasteiger partial charge in [-0.1, -0.05) is 31.8 Å². The van der Waals surface area contributed by atoms with Gasteiger partial charge in [0.2, 0.25) is 0 Å². The third kappa shape index (κ3) is 8.69. The van der Waals surface area contributed by atoms with Gasteiger partial charge >= 0.3 is 6.09 Å². The van der Waals surface area contributed by atoms with E-state index >= 15 is 0 Å². The highest BCUT2D eigenvalue weighted by Crippen LogP contribution is 2.36. The maximum absolute atomic E-state index is 13.9. The van der Waals surface area contributed by atoms with Gasteiger partial charge in [-0.15, -0.1) is 0 Å². The average Bonchev–Trinajstić information content (AvgIpc) is 3.37. The first-order chi connectivity index (χ1) is 22.4. The quantitative estimate of drug-likeness (QED) is 0.198. The minimum Gasteiger partial charge on any atom is -0.444 e. The lowest BCUT2D eigenvalue weighted by Crippen LogP contribution is -2.53. The number of piperidine rings is 2. The predicted molar refractivity (Wildman–Crippen MR) is 184 cm³/mol. The van der Waals surface area contributed by atoms with Crippen molar-refractivity contribution in [3.05, 3.63) is 36.7 Å². The first-order valence-electron chi connectivity index (χ1n) is 16.6. The number of alkyl halides is 2. The van der Waals surface area contributed by atoms with E-state index < -0.39 is 37.2 Å². The number of nitrogens with one attached hydrogen (secondary N) is 1. The molecular formula is C34H48F2N6O5Si. The number of fused-ring (bicyclic) bond motifs is 1. The van der Waals surface area contributed by atoms with Crippen molar-refractivity contribution in [2.24, 2.45) is 0 Å². The summed E-state index contributed by atoms with van der Waals surface area (Å²) in [7, 11) is -1.31. The molecule has 11 nitrogen and oxygen atoms in total. The van der Waals surface area contributed by atoms with Crippen LogP contribution in [0.2, 0.25) is 25.7 Å². The Bertz CT molecular complexity index is 1600. The molecule has 262 valence electrons. The smallest absolute Gasteiger partial charge is 0.410 e. The Kier molecular flexibility index (Phi) is 10.2. The van der Waals surface area contributed by atoms with Crippen molar-refractivity contribution in [2.45, 2.75) is 96.0 Å². The highest BCUT2D eigenvalue weighted by molar-refractivity contribution is 6.76. The normalized spacial score (nSPS) is 18.2. The molecule has 2 saturated heterocycles. The lowest BCUT2D eigenvalue weighted by molar-refractivity contribution is -0.138. The molecule has 2 N–H and O–H groups in total. The second-order valence-corrected chi connectivity index (χ2v) is 20.7. The third-order valence-corrected chi connectivity index (χ3v) is 10.5. The Morgan fingerprint density at radius 2 is 1.65 bits per heavy atom. The molecule has 14 heteroatoms. The number of nitrogens with zero attached hydrogens (tertiary/aromatic N) is 5. The second kappa shape index (κ2) is 13.7. The number of anilines is 2. The monoisotopic (exact) mass is 686 g/mol. The van der Waals surface area contributed by atoms with Crippen molar-refractivity contribution < 1.29 is 33.0 Å². The molecule has 2 aromatic heterocycles. The number of carbonyl (C=O) groups excluding carboxylic acids is 2.